The van der Waals surface area contributed by atoms with Gasteiger partial charge in [-0.1, -0.05) is 37.6 Å². The van der Waals surface area contributed by atoms with Crippen LogP contribution in [0.15, 0.2) is 18.2 Å². The van der Waals surface area contributed by atoms with Crippen LogP contribution in [0.1, 0.15) is 30.5 Å². The van der Waals surface area contributed by atoms with Gasteiger partial charge >= 0.3 is 0 Å². The quantitative estimate of drug-likeness (QED) is 0.745. The summed E-state index contributed by atoms with van der Waals surface area (Å²) in [6.07, 6.45) is 1.13. The topological polar surface area (TPSA) is 12.0 Å². The van der Waals surface area contributed by atoms with E-state index in [-0.39, 0.29) is 0 Å². The molecule has 0 aliphatic carbocycles. The molecule has 0 aliphatic rings. The van der Waals surface area contributed by atoms with E-state index in [1.54, 1.807) is 0 Å². The molecule has 1 aromatic carbocycles. The fraction of sp³-hybridized carbons (Fsp3) is 0.500. The number of rotatable bonds is 4. The third-order valence-electron chi connectivity index (χ3n) is 2.31. The summed E-state index contributed by atoms with van der Waals surface area (Å²) in [6.45, 7) is 8.54. The summed E-state index contributed by atoms with van der Waals surface area (Å²) in [5, 5.41) is 3.36. The van der Waals surface area contributed by atoms with Crippen LogP contribution in [0.2, 0.25) is 0 Å². The molecular weight excluding hydrogens is 158 g/mol. The maximum Gasteiger partial charge on any atom is 0.0208 e. The van der Waals surface area contributed by atoms with Gasteiger partial charge in [0.1, 0.15) is 0 Å². The van der Waals surface area contributed by atoms with Crippen LogP contribution in [0.25, 0.3) is 0 Å². The second-order valence-electron chi connectivity index (χ2n) is 3.41. The summed E-state index contributed by atoms with van der Waals surface area (Å²) in [7, 11) is 0. The molecule has 0 unspecified atom stereocenters. The third kappa shape index (κ3) is 2.85. The van der Waals surface area contributed by atoms with Gasteiger partial charge in [-0.2, -0.15) is 0 Å². The summed E-state index contributed by atoms with van der Waals surface area (Å²) in [6, 6.07) is 6.70. The highest BCUT2D eigenvalue weighted by atomic mass is 14.8. The van der Waals surface area contributed by atoms with Gasteiger partial charge in [-0.25, -0.2) is 0 Å². The molecule has 1 nitrogen and oxygen atoms in total. The summed E-state index contributed by atoms with van der Waals surface area (Å²) in [5.41, 5.74) is 4.27. The van der Waals surface area contributed by atoms with E-state index in [2.05, 4.69) is 44.3 Å². The lowest BCUT2D eigenvalue weighted by Gasteiger charge is -2.08. The highest BCUT2D eigenvalue weighted by Gasteiger charge is 1.99. The fourth-order valence-electron chi connectivity index (χ4n) is 1.52. The van der Waals surface area contributed by atoms with Gasteiger partial charge in [-0.05, 0) is 31.0 Å². The average molecular weight is 177 g/mol. The van der Waals surface area contributed by atoms with Crippen LogP contribution in [0.3, 0.4) is 0 Å². The number of hydrogen-bond acceptors (Lipinski definition) is 1. The summed E-state index contributed by atoms with van der Waals surface area (Å²) in [5.74, 6) is 0. The Kier molecular flexibility index (Phi) is 3.97. The second-order valence-corrected chi connectivity index (χ2v) is 3.41. The molecule has 0 radical (unpaired) electrons. The van der Waals surface area contributed by atoms with Crippen molar-refractivity contribution < 1.29 is 0 Å². The fourth-order valence-corrected chi connectivity index (χ4v) is 1.52. The van der Waals surface area contributed by atoms with Gasteiger partial charge in [0, 0.05) is 6.54 Å². The molecule has 0 fully saturated rings. The summed E-state index contributed by atoms with van der Waals surface area (Å²) < 4.78 is 0. The van der Waals surface area contributed by atoms with E-state index >= 15 is 0 Å². The van der Waals surface area contributed by atoms with E-state index in [1.807, 2.05) is 0 Å². The van der Waals surface area contributed by atoms with Crippen LogP contribution in [0, 0.1) is 6.92 Å². The van der Waals surface area contributed by atoms with Crippen molar-refractivity contribution in [1.29, 1.82) is 0 Å². The van der Waals surface area contributed by atoms with Crippen LogP contribution < -0.4 is 5.32 Å². The Morgan fingerprint density at radius 1 is 1.15 bits per heavy atom. The SMILES string of the molecule is CCNCc1ccc(C)cc1CC. The molecule has 1 rings (SSSR count). The highest BCUT2D eigenvalue weighted by molar-refractivity contribution is 5.31. The lowest BCUT2D eigenvalue weighted by atomic mass is 10.0. The number of aryl methyl sites for hydroxylation is 2. The van der Waals surface area contributed by atoms with Crippen LogP contribution >= 0.6 is 0 Å². The van der Waals surface area contributed by atoms with Crippen molar-refractivity contribution in [3.63, 3.8) is 0 Å². The zero-order chi connectivity index (χ0) is 9.68. The van der Waals surface area contributed by atoms with E-state index in [4.69, 9.17) is 0 Å². The van der Waals surface area contributed by atoms with Gasteiger partial charge in [0.2, 0.25) is 0 Å². The van der Waals surface area contributed by atoms with Crippen LogP contribution in [0.4, 0.5) is 0 Å². The van der Waals surface area contributed by atoms with E-state index in [9.17, 15) is 0 Å². The van der Waals surface area contributed by atoms with Gasteiger partial charge in [0.25, 0.3) is 0 Å². The lowest BCUT2D eigenvalue weighted by Crippen LogP contribution is -2.13. The van der Waals surface area contributed by atoms with Crippen LogP contribution in [-0.2, 0) is 13.0 Å². The molecule has 0 atom stereocenters. The van der Waals surface area contributed by atoms with Crippen molar-refractivity contribution in [2.45, 2.75) is 33.7 Å². The third-order valence-corrected chi connectivity index (χ3v) is 2.31. The molecule has 72 valence electrons. The Hall–Kier alpha value is -0.820. The average Bonchev–Trinajstić information content (AvgIpc) is 2.16. The molecule has 0 aliphatic heterocycles. The molecule has 0 bridgehead atoms. The van der Waals surface area contributed by atoms with E-state index < -0.39 is 0 Å². The molecule has 0 heterocycles. The number of hydrogen-bond donors (Lipinski definition) is 1. The molecular formula is C12H19N. The van der Waals surface area contributed by atoms with Gasteiger partial charge in [0.15, 0.2) is 0 Å². The minimum atomic E-state index is 1.000. The first-order valence-corrected chi connectivity index (χ1v) is 5.07. The summed E-state index contributed by atoms with van der Waals surface area (Å²) >= 11 is 0. The molecule has 0 spiro atoms. The highest BCUT2D eigenvalue weighted by Crippen LogP contribution is 2.12. The largest absolute Gasteiger partial charge is 0.313 e. The van der Waals surface area contributed by atoms with Crippen molar-refractivity contribution in [3.8, 4) is 0 Å². The Labute approximate surface area is 81.2 Å². The zero-order valence-electron chi connectivity index (χ0n) is 8.85. The monoisotopic (exact) mass is 177 g/mol. The molecule has 13 heavy (non-hydrogen) atoms. The molecule has 0 saturated heterocycles. The molecule has 0 amide bonds. The first-order valence-electron chi connectivity index (χ1n) is 5.07. The van der Waals surface area contributed by atoms with Crippen molar-refractivity contribution in [2.75, 3.05) is 6.54 Å². The first kappa shape index (κ1) is 10.3. The Bertz CT molecular complexity index is 266. The molecule has 1 heteroatoms. The number of benzene rings is 1. The molecule has 0 aromatic heterocycles. The second kappa shape index (κ2) is 5.03. The van der Waals surface area contributed by atoms with Gasteiger partial charge in [-0.15, -0.1) is 0 Å². The molecule has 0 saturated carbocycles. The predicted octanol–water partition coefficient (Wildman–Crippen LogP) is 2.67. The van der Waals surface area contributed by atoms with E-state index in [0.717, 1.165) is 19.5 Å². The smallest absolute Gasteiger partial charge is 0.0208 e. The van der Waals surface area contributed by atoms with Crippen molar-refractivity contribution in [1.82, 2.24) is 5.32 Å². The minimum absolute atomic E-state index is 1.000. The Balaban J connectivity index is 2.79. The van der Waals surface area contributed by atoms with Crippen LogP contribution in [-0.4, -0.2) is 6.54 Å². The van der Waals surface area contributed by atoms with Crippen LogP contribution in [0.5, 0.6) is 0 Å². The maximum absolute atomic E-state index is 3.36. The first-order chi connectivity index (χ1) is 6.27. The Morgan fingerprint density at radius 3 is 2.54 bits per heavy atom. The van der Waals surface area contributed by atoms with Crippen molar-refractivity contribution in [2.24, 2.45) is 0 Å². The zero-order valence-corrected chi connectivity index (χ0v) is 8.85. The van der Waals surface area contributed by atoms with E-state index in [1.165, 1.54) is 16.7 Å². The standard InChI is InChI=1S/C12H19N/c1-4-11-8-10(3)6-7-12(11)9-13-5-2/h6-8,13H,4-5,9H2,1-3H3. The summed E-state index contributed by atoms with van der Waals surface area (Å²) in [4.78, 5) is 0. The lowest BCUT2D eigenvalue weighted by molar-refractivity contribution is 0.720. The van der Waals surface area contributed by atoms with E-state index in [0.29, 0.717) is 0 Å². The molecule has 1 aromatic rings. The predicted molar refractivity (Wildman–Crippen MR) is 57.9 cm³/mol. The maximum atomic E-state index is 3.36. The van der Waals surface area contributed by atoms with Gasteiger partial charge in [0.05, 0.1) is 0 Å². The van der Waals surface area contributed by atoms with Gasteiger partial charge in [-0.3, -0.25) is 0 Å². The minimum Gasteiger partial charge on any atom is -0.313 e. The Morgan fingerprint density at radius 2 is 1.92 bits per heavy atom. The van der Waals surface area contributed by atoms with Gasteiger partial charge < -0.3 is 5.32 Å². The normalized spacial score (nSPS) is 10.4. The molecule has 1 N–H and O–H groups in total. The van der Waals surface area contributed by atoms with Crippen molar-refractivity contribution >= 4 is 0 Å². The number of nitrogens with one attached hydrogen (secondary N) is 1. The van der Waals surface area contributed by atoms with Crippen molar-refractivity contribution in [3.05, 3.63) is 34.9 Å².